The van der Waals surface area contributed by atoms with Gasteiger partial charge in [0, 0.05) is 17.8 Å². The molecule has 0 saturated heterocycles. The fraction of sp³-hybridized carbons (Fsp3) is 0.118. The number of rotatable bonds is 6. The third kappa shape index (κ3) is 4.82. The number of nitrogens with zero attached hydrogens (tertiary/aromatic N) is 1. The molecule has 0 unspecified atom stereocenters. The zero-order valence-electron chi connectivity index (χ0n) is 12.9. The summed E-state index contributed by atoms with van der Waals surface area (Å²) in [6.07, 6.45) is 2.98. The van der Waals surface area contributed by atoms with Gasteiger partial charge in [-0.15, -0.1) is 0 Å². The average Bonchev–Trinajstić information content (AvgIpc) is 2.56. The van der Waals surface area contributed by atoms with E-state index in [0.717, 1.165) is 11.3 Å². The summed E-state index contributed by atoms with van der Waals surface area (Å²) in [5.74, 6) is 0.355. The molecule has 0 aliphatic heterocycles. The monoisotopic (exact) mass is 346 g/mol. The van der Waals surface area contributed by atoms with Crippen LogP contribution in [0.15, 0.2) is 48.5 Å². The molecule has 7 heteroatoms. The SMILES string of the molecule is CCOc1ccc(C=CC(=O)Nc2ccc(Cl)c([N+](=O)[O-])c2)cc1. The fourth-order valence-corrected chi connectivity index (χ4v) is 2.11. The molecule has 0 atom stereocenters. The molecule has 0 aliphatic rings. The van der Waals surface area contributed by atoms with Crippen molar-refractivity contribution in [2.45, 2.75) is 6.92 Å². The van der Waals surface area contributed by atoms with Crippen LogP contribution >= 0.6 is 11.6 Å². The second-order valence-corrected chi connectivity index (χ2v) is 5.16. The zero-order chi connectivity index (χ0) is 17.5. The van der Waals surface area contributed by atoms with Gasteiger partial charge >= 0.3 is 0 Å². The maximum atomic E-state index is 11.9. The molecule has 1 amide bonds. The lowest BCUT2D eigenvalue weighted by molar-refractivity contribution is -0.384. The topological polar surface area (TPSA) is 81.5 Å². The van der Waals surface area contributed by atoms with Crippen LogP contribution in [0, 0.1) is 10.1 Å². The van der Waals surface area contributed by atoms with Gasteiger partial charge in [0.15, 0.2) is 0 Å². The van der Waals surface area contributed by atoms with E-state index >= 15 is 0 Å². The Morgan fingerprint density at radius 3 is 2.62 bits per heavy atom. The number of carbonyl (C=O) groups is 1. The summed E-state index contributed by atoms with van der Waals surface area (Å²) in [6.45, 7) is 2.49. The van der Waals surface area contributed by atoms with Gasteiger partial charge < -0.3 is 10.1 Å². The van der Waals surface area contributed by atoms with Crippen molar-refractivity contribution in [3.05, 3.63) is 69.2 Å². The van der Waals surface area contributed by atoms with E-state index in [0.29, 0.717) is 12.3 Å². The Morgan fingerprint density at radius 2 is 2.00 bits per heavy atom. The van der Waals surface area contributed by atoms with E-state index in [-0.39, 0.29) is 10.7 Å². The number of hydrogen-bond donors (Lipinski definition) is 1. The van der Waals surface area contributed by atoms with Crippen LogP contribution in [0.5, 0.6) is 5.75 Å². The maximum Gasteiger partial charge on any atom is 0.289 e. The van der Waals surface area contributed by atoms with E-state index in [9.17, 15) is 14.9 Å². The van der Waals surface area contributed by atoms with E-state index in [2.05, 4.69) is 5.32 Å². The van der Waals surface area contributed by atoms with Gasteiger partial charge in [-0.25, -0.2) is 0 Å². The van der Waals surface area contributed by atoms with Gasteiger partial charge in [0.05, 0.1) is 11.5 Å². The van der Waals surface area contributed by atoms with Crippen molar-refractivity contribution in [2.75, 3.05) is 11.9 Å². The maximum absolute atomic E-state index is 11.9. The summed E-state index contributed by atoms with van der Waals surface area (Å²) in [6, 6.07) is 11.3. The van der Waals surface area contributed by atoms with Gasteiger partial charge in [-0.1, -0.05) is 23.7 Å². The Labute approximate surface area is 143 Å². The van der Waals surface area contributed by atoms with E-state index in [1.54, 1.807) is 6.08 Å². The van der Waals surface area contributed by atoms with Gasteiger partial charge in [-0.2, -0.15) is 0 Å². The minimum absolute atomic E-state index is 0.0166. The second kappa shape index (κ2) is 8.12. The van der Waals surface area contributed by atoms with Crippen molar-refractivity contribution in [2.24, 2.45) is 0 Å². The third-order valence-corrected chi connectivity index (χ3v) is 3.35. The van der Waals surface area contributed by atoms with Crippen LogP contribution in [0.4, 0.5) is 11.4 Å². The summed E-state index contributed by atoms with van der Waals surface area (Å²) >= 11 is 5.73. The Hall–Kier alpha value is -2.86. The number of hydrogen-bond acceptors (Lipinski definition) is 4. The fourth-order valence-electron chi connectivity index (χ4n) is 1.93. The normalized spacial score (nSPS) is 10.6. The molecule has 0 radical (unpaired) electrons. The number of nitrogens with one attached hydrogen (secondary N) is 1. The molecule has 0 spiro atoms. The number of amides is 1. The molecule has 124 valence electrons. The molecule has 6 nitrogen and oxygen atoms in total. The van der Waals surface area contributed by atoms with E-state index < -0.39 is 10.8 Å². The summed E-state index contributed by atoms with van der Waals surface area (Å²) in [4.78, 5) is 22.1. The first-order valence-electron chi connectivity index (χ1n) is 7.15. The van der Waals surface area contributed by atoms with Crippen LogP contribution in [-0.2, 0) is 4.79 Å². The van der Waals surface area contributed by atoms with E-state index in [1.807, 2.05) is 31.2 Å². The molecule has 2 rings (SSSR count). The molecule has 0 fully saturated rings. The van der Waals surface area contributed by atoms with E-state index in [4.69, 9.17) is 16.3 Å². The number of benzene rings is 2. The Kier molecular flexibility index (Phi) is 5.92. The van der Waals surface area contributed by atoms with Crippen LogP contribution in [0.2, 0.25) is 5.02 Å². The molecule has 2 aromatic rings. The minimum Gasteiger partial charge on any atom is -0.494 e. The third-order valence-electron chi connectivity index (χ3n) is 3.03. The largest absolute Gasteiger partial charge is 0.494 e. The van der Waals surface area contributed by atoms with Crippen LogP contribution in [0.3, 0.4) is 0 Å². The lowest BCUT2D eigenvalue weighted by Gasteiger charge is -2.03. The van der Waals surface area contributed by atoms with Gasteiger partial charge in [0.2, 0.25) is 5.91 Å². The van der Waals surface area contributed by atoms with Crippen molar-refractivity contribution < 1.29 is 14.5 Å². The quantitative estimate of drug-likeness (QED) is 0.480. The van der Waals surface area contributed by atoms with Gasteiger partial charge in [0.25, 0.3) is 5.69 Å². The molecule has 0 aliphatic carbocycles. The predicted molar refractivity (Wildman–Crippen MR) is 93.4 cm³/mol. The first-order chi connectivity index (χ1) is 11.5. The molecule has 0 saturated carbocycles. The van der Waals surface area contributed by atoms with Crippen LogP contribution in [-0.4, -0.2) is 17.4 Å². The number of carbonyl (C=O) groups excluding carboxylic acids is 1. The van der Waals surface area contributed by atoms with Crippen molar-refractivity contribution in [1.29, 1.82) is 0 Å². The molecular weight excluding hydrogens is 332 g/mol. The Balaban J connectivity index is 2.02. The van der Waals surface area contributed by atoms with Crippen molar-refractivity contribution in [3.63, 3.8) is 0 Å². The molecule has 24 heavy (non-hydrogen) atoms. The van der Waals surface area contributed by atoms with Gasteiger partial charge in [-0.05, 0) is 42.8 Å². The van der Waals surface area contributed by atoms with Gasteiger partial charge in [-0.3, -0.25) is 14.9 Å². The highest BCUT2D eigenvalue weighted by Gasteiger charge is 2.13. The molecular formula is C17H15ClN2O4. The molecule has 1 N–H and O–H groups in total. The summed E-state index contributed by atoms with van der Waals surface area (Å²) < 4.78 is 5.34. The number of nitro benzene ring substituents is 1. The summed E-state index contributed by atoms with van der Waals surface area (Å²) in [5.41, 5.74) is 0.869. The van der Waals surface area contributed by atoms with Crippen molar-refractivity contribution in [1.82, 2.24) is 0 Å². The molecule has 2 aromatic carbocycles. The smallest absolute Gasteiger partial charge is 0.289 e. The van der Waals surface area contributed by atoms with Crippen molar-refractivity contribution in [3.8, 4) is 5.75 Å². The average molecular weight is 347 g/mol. The van der Waals surface area contributed by atoms with Crippen LogP contribution in [0.1, 0.15) is 12.5 Å². The minimum atomic E-state index is -0.603. The standard InChI is InChI=1S/C17H15ClN2O4/c1-2-24-14-7-3-12(4-8-14)5-10-17(21)19-13-6-9-15(18)16(11-13)20(22)23/h3-11H,2H2,1H3,(H,19,21). The lowest BCUT2D eigenvalue weighted by atomic mass is 10.2. The second-order valence-electron chi connectivity index (χ2n) is 4.75. The summed E-state index contributed by atoms with van der Waals surface area (Å²) in [5, 5.41) is 13.4. The summed E-state index contributed by atoms with van der Waals surface area (Å²) in [7, 11) is 0. The lowest BCUT2D eigenvalue weighted by Crippen LogP contribution is -2.08. The van der Waals surface area contributed by atoms with Crippen LogP contribution in [0.25, 0.3) is 6.08 Å². The molecule has 0 bridgehead atoms. The first-order valence-corrected chi connectivity index (χ1v) is 7.53. The van der Waals surface area contributed by atoms with Crippen LogP contribution < -0.4 is 10.1 Å². The molecule has 0 aromatic heterocycles. The predicted octanol–water partition coefficient (Wildman–Crippen LogP) is 4.30. The first kappa shape index (κ1) is 17.5. The number of nitro groups is 1. The van der Waals surface area contributed by atoms with Crippen molar-refractivity contribution >= 4 is 35.0 Å². The highest BCUT2D eigenvalue weighted by Crippen LogP contribution is 2.27. The van der Waals surface area contributed by atoms with Gasteiger partial charge in [0.1, 0.15) is 10.8 Å². The number of halogens is 1. The highest BCUT2D eigenvalue weighted by molar-refractivity contribution is 6.32. The number of ether oxygens (including phenoxy) is 1. The Bertz CT molecular complexity index is 773. The van der Waals surface area contributed by atoms with E-state index in [1.165, 1.54) is 24.3 Å². The number of anilines is 1. The molecule has 0 heterocycles. The Morgan fingerprint density at radius 1 is 1.29 bits per heavy atom. The zero-order valence-corrected chi connectivity index (χ0v) is 13.6. The highest BCUT2D eigenvalue weighted by atomic mass is 35.5.